The molecule has 0 atom stereocenters. The largest absolute Gasteiger partial charge is 0.343 e. The van der Waals surface area contributed by atoms with Crippen LogP contribution in [0.1, 0.15) is 48.5 Å². The number of Topliss-reactive ketones (excluding diaryl/α,β-unsaturated/α-hetero) is 1. The Balaban J connectivity index is 1.40. The third kappa shape index (κ3) is 5.12. The van der Waals surface area contributed by atoms with Crippen molar-refractivity contribution in [2.75, 3.05) is 32.7 Å². The molecule has 6 heteroatoms. The van der Waals surface area contributed by atoms with E-state index in [2.05, 4.69) is 5.32 Å². The molecular weight excluding hydrogens is 354 g/mol. The molecular formula is C22H31N3O3. The highest BCUT2D eigenvalue weighted by Gasteiger charge is 2.28. The number of amides is 3. The molecule has 28 heavy (non-hydrogen) atoms. The number of aryl methyl sites for hydroxylation is 1. The molecule has 2 heterocycles. The third-order valence-corrected chi connectivity index (χ3v) is 6.09. The van der Waals surface area contributed by atoms with Crippen molar-refractivity contribution in [2.45, 2.75) is 39.5 Å². The molecule has 2 saturated heterocycles. The van der Waals surface area contributed by atoms with Crippen LogP contribution in [-0.2, 0) is 4.79 Å². The second-order valence-electron chi connectivity index (χ2n) is 8.13. The minimum atomic E-state index is -0.0322. The van der Waals surface area contributed by atoms with Gasteiger partial charge in [-0.1, -0.05) is 29.8 Å². The standard InChI is InChI=1S/C22H31N3O3/c1-16-3-5-19(6-4-16)21(27)20-9-13-25(14-10-20)22(28)23-15-18-7-11-24(12-8-18)17(2)26/h3-6,18,20H,7-15H2,1-2H3,(H,23,28). The second-order valence-corrected chi connectivity index (χ2v) is 8.13. The van der Waals surface area contributed by atoms with Crippen LogP contribution < -0.4 is 5.32 Å². The third-order valence-electron chi connectivity index (χ3n) is 6.09. The molecule has 0 radical (unpaired) electrons. The monoisotopic (exact) mass is 385 g/mol. The Morgan fingerprint density at radius 2 is 1.50 bits per heavy atom. The van der Waals surface area contributed by atoms with Crippen LogP contribution >= 0.6 is 0 Å². The van der Waals surface area contributed by atoms with Gasteiger partial charge in [-0.2, -0.15) is 0 Å². The molecule has 0 saturated carbocycles. The number of ketones is 1. The van der Waals surface area contributed by atoms with E-state index in [1.807, 2.05) is 41.0 Å². The van der Waals surface area contributed by atoms with E-state index in [9.17, 15) is 14.4 Å². The van der Waals surface area contributed by atoms with Gasteiger partial charge in [0.2, 0.25) is 5.91 Å². The minimum absolute atomic E-state index is 0.00247. The van der Waals surface area contributed by atoms with Crippen molar-refractivity contribution in [2.24, 2.45) is 11.8 Å². The number of urea groups is 1. The summed E-state index contributed by atoms with van der Waals surface area (Å²) in [6.45, 7) is 7.08. The van der Waals surface area contributed by atoms with Gasteiger partial charge in [0.15, 0.2) is 5.78 Å². The van der Waals surface area contributed by atoms with E-state index in [0.29, 0.717) is 25.6 Å². The molecule has 2 fully saturated rings. The Kier molecular flexibility index (Phi) is 6.70. The summed E-state index contributed by atoms with van der Waals surface area (Å²) in [6.07, 6.45) is 3.31. The van der Waals surface area contributed by atoms with Crippen molar-refractivity contribution in [1.29, 1.82) is 0 Å². The molecule has 2 aliphatic heterocycles. The maximum Gasteiger partial charge on any atom is 0.317 e. The van der Waals surface area contributed by atoms with Gasteiger partial charge in [0, 0.05) is 51.1 Å². The van der Waals surface area contributed by atoms with Gasteiger partial charge in [-0.15, -0.1) is 0 Å². The zero-order valence-electron chi connectivity index (χ0n) is 16.9. The number of piperidine rings is 2. The van der Waals surface area contributed by atoms with Crippen LogP contribution in [0, 0.1) is 18.8 Å². The highest BCUT2D eigenvalue weighted by molar-refractivity contribution is 5.98. The van der Waals surface area contributed by atoms with E-state index in [-0.39, 0.29) is 23.6 Å². The van der Waals surface area contributed by atoms with E-state index in [1.54, 1.807) is 6.92 Å². The van der Waals surface area contributed by atoms with Crippen LogP contribution in [0.15, 0.2) is 24.3 Å². The van der Waals surface area contributed by atoms with Crippen molar-refractivity contribution in [3.63, 3.8) is 0 Å². The molecule has 1 aromatic rings. The topological polar surface area (TPSA) is 69.7 Å². The quantitative estimate of drug-likeness (QED) is 0.811. The number of nitrogens with zero attached hydrogens (tertiary/aromatic N) is 2. The lowest BCUT2D eigenvalue weighted by molar-refractivity contribution is -0.130. The van der Waals surface area contributed by atoms with Crippen LogP contribution in [0.5, 0.6) is 0 Å². The highest BCUT2D eigenvalue weighted by Crippen LogP contribution is 2.22. The summed E-state index contributed by atoms with van der Waals surface area (Å²) in [4.78, 5) is 40.2. The van der Waals surface area contributed by atoms with Crippen LogP contribution in [0.25, 0.3) is 0 Å². The lowest BCUT2D eigenvalue weighted by Crippen LogP contribution is -2.47. The van der Waals surface area contributed by atoms with Crippen molar-refractivity contribution < 1.29 is 14.4 Å². The van der Waals surface area contributed by atoms with Gasteiger partial charge in [0.05, 0.1) is 0 Å². The van der Waals surface area contributed by atoms with E-state index >= 15 is 0 Å². The van der Waals surface area contributed by atoms with Crippen LogP contribution in [0.2, 0.25) is 0 Å². The summed E-state index contributed by atoms with van der Waals surface area (Å²) < 4.78 is 0. The number of hydrogen-bond donors (Lipinski definition) is 1. The van der Waals surface area contributed by atoms with Crippen LogP contribution in [-0.4, -0.2) is 60.2 Å². The predicted molar refractivity (Wildman–Crippen MR) is 108 cm³/mol. The van der Waals surface area contributed by atoms with E-state index in [1.165, 1.54) is 0 Å². The van der Waals surface area contributed by atoms with E-state index in [0.717, 1.165) is 49.9 Å². The highest BCUT2D eigenvalue weighted by atomic mass is 16.2. The first-order valence-electron chi connectivity index (χ1n) is 10.3. The van der Waals surface area contributed by atoms with Crippen molar-refractivity contribution in [3.8, 4) is 0 Å². The van der Waals surface area contributed by atoms with Gasteiger partial charge in [-0.05, 0) is 38.5 Å². The fourth-order valence-electron chi connectivity index (χ4n) is 4.09. The number of benzene rings is 1. The Morgan fingerprint density at radius 1 is 0.929 bits per heavy atom. The number of carbonyl (C=O) groups is 3. The Hall–Kier alpha value is -2.37. The summed E-state index contributed by atoms with van der Waals surface area (Å²) in [6, 6.07) is 7.70. The van der Waals surface area contributed by atoms with Gasteiger partial charge in [0.1, 0.15) is 0 Å². The van der Waals surface area contributed by atoms with E-state index in [4.69, 9.17) is 0 Å². The molecule has 0 aliphatic carbocycles. The van der Waals surface area contributed by atoms with Crippen LogP contribution in [0.4, 0.5) is 4.79 Å². The summed E-state index contributed by atoms with van der Waals surface area (Å²) in [5.74, 6) is 0.755. The molecule has 0 unspecified atom stereocenters. The average molecular weight is 386 g/mol. The normalized spacial score (nSPS) is 18.8. The molecule has 1 aromatic carbocycles. The molecule has 1 N–H and O–H groups in total. The maximum absolute atomic E-state index is 12.6. The summed E-state index contributed by atoms with van der Waals surface area (Å²) >= 11 is 0. The molecule has 0 spiro atoms. The zero-order valence-corrected chi connectivity index (χ0v) is 16.9. The minimum Gasteiger partial charge on any atom is -0.343 e. The lowest BCUT2D eigenvalue weighted by atomic mass is 9.89. The summed E-state index contributed by atoms with van der Waals surface area (Å²) in [5.41, 5.74) is 1.92. The number of rotatable bonds is 4. The first kappa shape index (κ1) is 20.4. The van der Waals surface area contributed by atoms with Crippen molar-refractivity contribution in [3.05, 3.63) is 35.4 Å². The van der Waals surface area contributed by atoms with Gasteiger partial charge in [0.25, 0.3) is 0 Å². The molecule has 3 amide bonds. The molecule has 2 aliphatic rings. The molecule has 0 bridgehead atoms. The van der Waals surface area contributed by atoms with E-state index < -0.39 is 0 Å². The number of hydrogen-bond acceptors (Lipinski definition) is 3. The smallest absolute Gasteiger partial charge is 0.317 e. The zero-order chi connectivity index (χ0) is 20.1. The Bertz CT molecular complexity index is 700. The lowest BCUT2D eigenvalue weighted by Gasteiger charge is -2.33. The fourth-order valence-corrected chi connectivity index (χ4v) is 4.09. The average Bonchev–Trinajstić information content (AvgIpc) is 2.72. The van der Waals surface area contributed by atoms with Crippen LogP contribution in [0.3, 0.4) is 0 Å². The number of nitrogens with one attached hydrogen (secondary N) is 1. The van der Waals surface area contributed by atoms with Gasteiger partial charge >= 0.3 is 6.03 Å². The SMILES string of the molecule is CC(=O)N1CCC(CNC(=O)N2CCC(C(=O)c3ccc(C)cc3)CC2)CC1. The first-order chi connectivity index (χ1) is 13.4. The Morgan fingerprint density at radius 3 is 2.07 bits per heavy atom. The number of carbonyl (C=O) groups excluding carboxylic acids is 3. The van der Waals surface area contributed by atoms with Gasteiger partial charge in [-0.25, -0.2) is 4.79 Å². The van der Waals surface area contributed by atoms with Gasteiger partial charge in [-0.3, -0.25) is 9.59 Å². The molecule has 6 nitrogen and oxygen atoms in total. The summed E-state index contributed by atoms with van der Waals surface area (Å²) in [5, 5.41) is 3.05. The maximum atomic E-state index is 12.6. The number of likely N-dealkylation sites (tertiary alicyclic amines) is 2. The fraction of sp³-hybridized carbons (Fsp3) is 0.591. The predicted octanol–water partition coefficient (Wildman–Crippen LogP) is 2.86. The van der Waals surface area contributed by atoms with Crippen molar-refractivity contribution >= 4 is 17.7 Å². The summed E-state index contributed by atoms with van der Waals surface area (Å²) in [7, 11) is 0. The van der Waals surface area contributed by atoms with Gasteiger partial charge < -0.3 is 15.1 Å². The molecule has 0 aromatic heterocycles. The first-order valence-corrected chi connectivity index (χ1v) is 10.3. The Labute approximate surface area is 167 Å². The van der Waals surface area contributed by atoms with Crippen molar-refractivity contribution in [1.82, 2.24) is 15.1 Å². The second kappa shape index (κ2) is 9.22. The molecule has 152 valence electrons. The molecule has 3 rings (SSSR count).